The Balaban J connectivity index is 1.55. The van der Waals surface area contributed by atoms with Crippen LogP contribution in [0.3, 0.4) is 0 Å². The minimum absolute atomic E-state index is 0.0360. The van der Waals surface area contributed by atoms with Gasteiger partial charge in [0.15, 0.2) is 6.10 Å². The van der Waals surface area contributed by atoms with Gasteiger partial charge in [0.05, 0.1) is 0 Å². The van der Waals surface area contributed by atoms with E-state index in [-0.39, 0.29) is 5.91 Å². The molecule has 0 saturated carbocycles. The van der Waals surface area contributed by atoms with Crippen LogP contribution in [0.5, 0.6) is 5.75 Å². The Morgan fingerprint density at radius 1 is 0.808 bits per heavy atom. The zero-order valence-corrected chi connectivity index (χ0v) is 14.5. The fraction of sp³-hybridized carbons (Fsp3) is 0.174. The van der Waals surface area contributed by atoms with E-state index in [1.54, 1.807) is 0 Å². The summed E-state index contributed by atoms with van der Waals surface area (Å²) in [6, 6.07) is 28.1. The average molecular weight is 343 g/mol. The summed E-state index contributed by atoms with van der Waals surface area (Å²) in [5, 5.41) is 0. The van der Waals surface area contributed by atoms with Crippen LogP contribution in [0.4, 0.5) is 0 Å². The summed E-state index contributed by atoms with van der Waals surface area (Å²) in [4.78, 5) is 15.1. The zero-order chi connectivity index (χ0) is 17.8. The monoisotopic (exact) mass is 343 g/mol. The summed E-state index contributed by atoms with van der Waals surface area (Å²) in [6.45, 7) is 1.15. The standard InChI is InChI=1S/C23H21NO2/c25-23(22-15-20-13-7-8-14-21(20)26-22)24(16-18-9-3-1-4-10-18)17-19-11-5-2-6-12-19/h1-14,22H,15-17H2/t22-/m0/s1. The maximum atomic E-state index is 13.2. The second kappa shape index (κ2) is 7.44. The second-order valence-electron chi connectivity index (χ2n) is 6.58. The minimum atomic E-state index is -0.445. The molecule has 0 fully saturated rings. The molecule has 3 aromatic rings. The van der Waals surface area contributed by atoms with Gasteiger partial charge < -0.3 is 9.64 Å². The summed E-state index contributed by atoms with van der Waals surface area (Å²) < 4.78 is 5.93. The lowest BCUT2D eigenvalue weighted by Crippen LogP contribution is -2.40. The third-order valence-electron chi connectivity index (χ3n) is 4.67. The van der Waals surface area contributed by atoms with Crippen molar-refractivity contribution in [3.8, 4) is 5.75 Å². The number of ether oxygens (including phenoxy) is 1. The molecule has 1 heterocycles. The van der Waals surface area contributed by atoms with Crippen molar-refractivity contribution in [2.45, 2.75) is 25.6 Å². The molecule has 4 rings (SSSR count). The van der Waals surface area contributed by atoms with E-state index in [4.69, 9.17) is 4.74 Å². The fourth-order valence-electron chi connectivity index (χ4n) is 3.34. The molecular weight excluding hydrogens is 322 g/mol. The number of rotatable bonds is 5. The maximum absolute atomic E-state index is 13.2. The molecule has 3 aromatic carbocycles. The predicted octanol–water partition coefficient (Wildman–Crippen LogP) is 4.22. The van der Waals surface area contributed by atoms with E-state index < -0.39 is 6.10 Å². The number of benzene rings is 3. The van der Waals surface area contributed by atoms with Gasteiger partial charge in [-0.05, 0) is 22.8 Å². The molecule has 0 bridgehead atoms. The van der Waals surface area contributed by atoms with Crippen molar-refractivity contribution in [1.82, 2.24) is 4.90 Å². The van der Waals surface area contributed by atoms with Crippen LogP contribution in [-0.2, 0) is 24.3 Å². The zero-order valence-electron chi connectivity index (χ0n) is 14.5. The summed E-state index contributed by atoms with van der Waals surface area (Å²) >= 11 is 0. The van der Waals surface area contributed by atoms with Crippen molar-refractivity contribution < 1.29 is 9.53 Å². The van der Waals surface area contributed by atoms with Crippen molar-refractivity contribution in [2.24, 2.45) is 0 Å². The minimum Gasteiger partial charge on any atom is -0.480 e. The number of amides is 1. The molecule has 130 valence electrons. The van der Waals surface area contributed by atoms with Crippen molar-refractivity contribution in [1.29, 1.82) is 0 Å². The summed E-state index contributed by atoms with van der Waals surface area (Å²) in [6.07, 6.45) is 0.189. The summed E-state index contributed by atoms with van der Waals surface area (Å²) in [7, 11) is 0. The molecule has 1 aliphatic heterocycles. The van der Waals surface area contributed by atoms with Gasteiger partial charge in [-0.25, -0.2) is 0 Å². The first-order valence-electron chi connectivity index (χ1n) is 8.91. The number of fused-ring (bicyclic) bond motifs is 1. The molecule has 0 aliphatic carbocycles. The number of hydrogen-bond donors (Lipinski definition) is 0. The topological polar surface area (TPSA) is 29.5 Å². The van der Waals surface area contributed by atoms with E-state index in [0.29, 0.717) is 19.5 Å². The van der Waals surface area contributed by atoms with Crippen molar-refractivity contribution in [2.75, 3.05) is 0 Å². The number of hydrogen-bond acceptors (Lipinski definition) is 2. The summed E-state index contributed by atoms with van der Waals surface area (Å²) in [5.74, 6) is 0.860. The Morgan fingerprint density at radius 3 is 1.92 bits per heavy atom. The second-order valence-corrected chi connectivity index (χ2v) is 6.58. The Bertz CT molecular complexity index is 810. The van der Waals surface area contributed by atoms with E-state index in [1.165, 1.54) is 0 Å². The van der Waals surface area contributed by atoms with Crippen molar-refractivity contribution >= 4 is 5.91 Å². The fourth-order valence-corrected chi connectivity index (χ4v) is 3.34. The molecule has 0 saturated heterocycles. The quantitative estimate of drug-likeness (QED) is 0.694. The molecule has 0 radical (unpaired) electrons. The highest BCUT2D eigenvalue weighted by Gasteiger charge is 2.32. The van der Waals surface area contributed by atoms with E-state index in [9.17, 15) is 4.79 Å². The van der Waals surface area contributed by atoms with Gasteiger partial charge >= 0.3 is 0 Å². The van der Waals surface area contributed by atoms with Crippen LogP contribution in [0.15, 0.2) is 84.9 Å². The smallest absolute Gasteiger partial charge is 0.264 e. The highest BCUT2D eigenvalue weighted by atomic mass is 16.5. The highest BCUT2D eigenvalue weighted by molar-refractivity contribution is 5.82. The van der Waals surface area contributed by atoms with Crippen molar-refractivity contribution in [3.63, 3.8) is 0 Å². The van der Waals surface area contributed by atoms with Crippen molar-refractivity contribution in [3.05, 3.63) is 102 Å². The van der Waals surface area contributed by atoms with E-state index in [1.807, 2.05) is 65.6 Å². The molecule has 1 atom stereocenters. The highest BCUT2D eigenvalue weighted by Crippen LogP contribution is 2.29. The Labute approximate surface area is 153 Å². The normalized spacial score (nSPS) is 15.2. The van der Waals surface area contributed by atoms with Crippen LogP contribution >= 0.6 is 0 Å². The SMILES string of the molecule is O=C([C@@H]1Cc2ccccc2O1)N(Cc1ccccc1)Cc1ccccc1. The molecule has 1 aliphatic rings. The molecule has 3 nitrogen and oxygen atoms in total. The number of nitrogens with zero attached hydrogens (tertiary/aromatic N) is 1. The van der Waals surface area contributed by atoms with Crippen LogP contribution in [0, 0.1) is 0 Å². The number of carbonyl (C=O) groups is 1. The molecular formula is C23H21NO2. The van der Waals surface area contributed by atoms with Crippen LogP contribution in [-0.4, -0.2) is 16.9 Å². The van der Waals surface area contributed by atoms with Crippen LogP contribution < -0.4 is 4.74 Å². The van der Waals surface area contributed by atoms with Gasteiger partial charge in [0.25, 0.3) is 5.91 Å². The largest absolute Gasteiger partial charge is 0.480 e. The third kappa shape index (κ3) is 3.62. The Morgan fingerprint density at radius 2 is 1.35 bits per heavy atom. The maximum Gasteiger partial charge on any atom is 0.264 e. The number of carbonyl (C=O) groups excluding carboxylic acids is 1. The first-order chi connectivity index (χ1) is 12.8. The van der Waals surface area contributed by atoms with E-state index >= 15 is 0 Å². The van der Waals surface area contributed by atoms with Gasteiger partial charge in [-0.15, -0.1) is 0 Å². The van der Waals surface area contributed by atoms with Crippen LogP contribution in [0.25, 0.3) is 0 Å². The number of para-hydroxylation sites is 1. The molecule has 0 unspecified atom stereocenters. The molecule has 0 N–H and O–H groups in total. The van der Waals surface area contributed by atoms with Crippen LogP contribution in [0.2, 0.25) is 0 Å². The Kier molecular flexibility index (Phi) is 4.69. The molecule has 1 amide bonds. The first-order valence-corrected chi connectivity index (χ1v) is 8.91. The molecule has 0 aromatic heterocycles. The molecule has 3 heteroatoms. The van der Waals surface area contributed by atoms with Crippen LogP contribution in [0.1, 0.15) is 16.7 Å². The van der Waals surface area contributed by atoms with Gasteiger partial charge in [0, 0.05) is 19.5 Å². The molecule has 0 spiro atoms. The lowest BCUT2D eigenvalue weighted by atomic mass is 10.1. The van der Waals surface area contributed by atoms with Gasteiger partial charge in [-0.2, -0.15) is 0 Å². The first kappa shape index (κ1) is 16.4. The molecule has 26 heavy (non-hydrogen) atoms. The Hall–Kier alpha value is -3.07. The lowest BCUT2D eigenvalue weighted by molar-refractivity contribution is -0.139. The van der Waals surface area contributed by atoms with E-state index in [2.05, 4.69) is 24.3 Å². The average Bonchev–Trinajstić information content (AvgIpc) is 3.13. The van der Waals surface area contributed by atoms with Gasteiger partial charge in [-0.1, -0.05) is 78.9 Å². The lowest BCUT2D eigenvalue weighted by Gasteiger charge is -2.25. The summed E-state index contributed by atoms with van der Waals surface area (Å²) in [5.41, 5.74) is 3.34. The third-order valence-corrected chi connectivity index (χ3v) is 4.67. The van der Waals surface area contributed by atoms with E-state index in [0.717, 1.165) is 22.4 Å². The van der Waals surface area contributed by atoms with Gasteiger partial charge in [0.2, 0.25) is 0 Å². The predicted molar refractivity (Wildman–Crippen MR) is 102 cm³/mol. The van der Waals surface area contributed by atoms with Gasteiger partial charge in [0.1, 0.15) is 5.75 Å². The van der Waals surface area contributed by atoms with Gasteiger partial charge in [-0.3, -0.25) is 4.79 Å².